The van der Waals surface area contributed by atoms with Crippen molar-refractivity contribution in [2.24, 2.45) is 4.99 Å². The first-order chi connectivity index (χ1) is 9.78. The van der Waals surface area contributed by atoms with Gasteiger partial charge in [-0.15, -0.1) is 0 Å². The average Bonchev–Trinajstić information content (AvgIpc) is 2.97. The molecule has 0 atom stereocenters. The van der Waals surface area contributed by atoms with Gasteiger partial charge in [0.05, 0.1) is 0 Å². The molecule has 0 spiro atoms. The second-order valence-electron chi connectivity index (χ2n) is 4.76. The zero-order chi connectivity index (χ0) is 14.2. The summed E-state index contributed by atoms with van der Waals surface area (Å²) >= 11 is 0. The molecule has 106 valence electrons. The molecule has 2 aromatic rings. The molecule has 0 saturated heterocycles. The molecule has 0 saturated carbocycles. The molecule has 1 heterocycles. The number of aryl methyl sites for hydroxylation is 1. The minimum absolute atomic E-state index is 0.781. The van der Waals surface area contributed by atoms with E-state index in [0.29, 0.717) is 0 Å². The standard InChI is InChI=1S/C16H22N4/c1-14-5-7-15(8-6-14)13-19-16(17-2)18-9-12-20-10-3-4-11-20/h3-8,10-11H,9,12-13H2,1-2H3,(H2,17,18,19). The Hall–Kier alpha value is -2.23. The summed E-state index contributed by atoms with van der Waals surface area (Å²) in [6.45, 7) is 4.66. The monoisotopic (exact) mass is 270 g/mol. The molecule has 1 aromatic carbocycles. The van der Waals surface area contributed by atoms with Crippen LogP contribution in [0.1, 0.15) is 11.1 Å². The molecule has 1 aromatic heterocycles. The summed E-state index contributed by atoms with van der Waals surface area (Å²) < 4.78 is 2.14. The number of aliphatic imine (C=N–C) groups is 1. The number of aromatic nitrogens is 1. The van der Waals surface area contributed by atoms with E-state index < -0.39 is 0 Å². The maximum atomic E-state index is 4.22. The van der Waals surface area contributed by atoms with Crippen molar-refractivity contribution in [3.8, 4) is 0 Å². The third-order valence-electron chi connectivity index (χ3n) is 3.13. The zero-order valence-corrected chi connectivity index (χ0v) is 12.1. The number of benzene rings is 1. The molecule has 0 aliphatic carbocycles. The highest BCUT2D eigenvalue weighted by Crippen LogP contribution is 2.02. The quantitative estimate of drug-likeness (QED) is 0.646. The Bertz CT molecular complexity index is 526. The number of guanidine groups is 1. The highest BCUT2D eigenvalue weighted by Gasteiger charge is 1.98. The lowest BCUT2D eigenvalue weighted by Gasteiger charge is -2.12. The minimum Gasteiger partial charge on any atom is -0.355 e. The van der Waals surface area contributed by atoms with Crippen LogP contribution in [0.5, 0.6) is 0 Å². The van der Waals surface area contributed by atoms with E-state index in [9.17, 15) is 0 Å². The van der Waals surface area contributed by atoms with Crippen molar-refractivity contribution in [3.05, 3.63) is 59.9 Å². The fourth-order valence-electron chi connectivity index (χ4n) is 1.93. The Balaban J connectivity index is 1.73. The van der Waals surface area contributed by atoms with Crippen LogP contribution in [-0.2, 0) is 13.1 Å². The molecular formula is C16H22N4. The van der Waals surface area contributed by atoms with Gasteiger partial charge < -0.3 is 15.2 Å². The van der Waals surface area contributed by atoms with Gasteiger partial charge in [0, 0.05) is 39.1 Å². The van der Waals surface area contributed by atoms with Crippen molar-refractivity contribution in [2.75, 3.05) is 13.6 Å². The Kier molecular flexibility index (Phi) is 5.24. The van der Waals surface area contributed by atoms with Gasteiger partial charge >= 0.3 is 0 Å². The highest BCUT2D eigenvalue weighted by atomic mass is 15.2. The molecule has 4 nitrogen and oxygen atoms in total. The average molecular weight is 270 g/mol. The molecule has 0 amide bonds. The summed E-state index contributed by atoms with van der Waals surface area (Å²) in [5, 5.41) is 6.62. The van der Waals surface area contributed by atoms with Gasteiger partial charge in [0.15, 0.2) is 5.96 Å². The maximum absolute atomic E-state index is 4.22. The maximum Gasteiger partial charge on any atom is 0.191 e. The summed E-state index contributed by atoms with van der Waals surface area (Å²) in [4.78, 5) is 4.22. The molecular weight excluding hydrogens is 248 g/mol. The topological polar surface area (TPSA) is 41.4 Å². The van der Waals surface area contributed by atoms with Crippen LogP contribution in [0.2, 0.25) is 0 Å². The van der Waals surface area contributed by atoms with Crippen molar-refractivity contribution < 1.29 is 0 Å². The summed E-state index contributed by atoms with van der Waals surface area (Å²) in [7, 11) is 1.79. The van der Waals surface area contributed by atoms with Crippen molar-refractivity contribution in [1.82, 2.24) is 15.2 Å². The second kappa shape index (κ2) is 7.38. The van der Waals surface area contributed by atoms with Crippen LogP contribution in [0.25, 0.3) is 0 Å². The predicted molar refractivity (Wildman–Crippen MR) is 83.8 cm³/mol. The number of rotatable bonds is 5. The van der Waals surface area contributed by atoms with E-state index in [2.05, 4.69) is 63.8 Å². The van der Waals surface area contributed by atoms with Crippen LogP contribution in [0.15, 0.2) is 53.8 Å². The molecule has 2 N–H and O–H groups in total. The molecule has 0 radical (unpaired) electrons. The summed E-state index contributed by atoms with van der Waals surface area (Å²) in [6.07, 6.45) is 4.12. The lowest BCUT2D eigenvalue weighted by Crippen LogP contribution is -2.38. The molecule has 4 heteroatoms. The molecule has 20 heavy (non-hydrogen) atoms. The molecule has 2 rings (SSSR count). The molecule has 0 fully saturated rings. The minimum atomic E-state index is 0.781. The predicted octanol–water partition coefficient (Wildman–Crippen LogP) is 2.16. The summed E-state index contributed by atoms with van der Waals surface area (Å²) in [6, 6.07) is 12.6. The van der Waals surface area contributed by atoms with E-state index in [1.54, 1.807) is 7.05 Å². The number of hydrogen-bond donors (Lipinski definition) is 2. The van der Waals surface area contributed by atoms with Gasteiger partial charge in [-0.3, -0.25) is 4.99 Å². The van der Waals surface area contributed by atoms with Crippen molar-refractivity contribution in [2.45, 2.75) is 20.0 Å². The fraction of sp³-hybridized carbons (Fsp3) is 0.312. The van der Waals surface area contributed by atoms with Crippen LogP contribution in [0.4, 0.5) is 0 Å². The largest absolute Gasteiger partial charge is 0.355 e. The van der Waals surface area contributed by atoms with Crippen LogP contribution in [0, 0.1) is 6.92 Å². The van der Waals surface area contributed by atoms with E-state index in [1.165, 1.54) is 11.1 Å². The number of nitrogens with one attached hydrogen (secondary N) is 2. The third-order valence-corrected chi connectivity index (χ3v) is 3.13. The van der Waals surface area contributed by atoms with Gasteiger partial charge in [0.2, 0.25) is 0 Å². The Labute approximate surface area is 120 Å². The van der Waals surface area contributed by atoms with Crippen molar-refractivity contribution >= 4 is 5.96 Å². The van der Waals surface area contributed by atoms with Crippen LogP contribution < -0.4 is 10.6 Å². The van der Waals surface area contributed by atoms with Crippen LogP contribution >= 0.6 is 0 Å². The van der Waals surface area contributed by atoms with Crippen molar-refractivity contribution in [1.29, 1.82) is 0 Å². The van der Waals surface area contributed by atoms with Gasteiger partial charge in [0.1, 0.15) is 0 Å². The molecule has 0 unspecified atom stereocenters. The third kappa shape index (κ3) is 4.46. The van der Waals surface area contributed by atoms with E-state index in [0.717, 1.165) is 25.6 Å². The Morgan fingerprint density at radius 3 is 2.45 bits per heavy atom. The van der Waals surface area contributed by atoms with Crippen LogP contribution in [0.3, 0.4) is 0 Å². The van der Waals surface area contributed by atoms with E-state index in [4.69, 9.17) is 0 Å². The Morgan fingerprint density at radius 1 is 1.10 bits per heavy atom. The lowest BCUT2D eigenvalue weighted by atomic mass is 10.1. The molecule has 0 bridgehead atoms. The lowest BCUT2D eigenvalue weighted by molar-refractivity contribution is 0.665. The zero-order valence-electron chi connectivity index (χ0n) is 12.1. The summed E-state index contributed by atoms with van der Waals surface area (Å²) in [5.41, 5.74) is 2.53. The highest BCUT2D eigenvalue weighted by molar-refractivity contribution is 5.79. The molecule has 0 aliphatic rings. The first-order valence-corrected chi connectivity index (χ1v) is 6.89. The SMILES string of the molecule is CN=C(NCCn1cccc1)NCc1ccc(C)cc1. The van der Waals surface area contributed by atoms with Gasteiger partial charge in [0.25, 0.3) is 0 Å². The number of hydrogen-bond acceptors (Lipinski definition) is 1. The van der Waals surface area contributed by atoms with Gasteiger partial charge in [-0.2, -0.15) is 0 Å². The molecule has 0 aliphatic heterocycles. The van der Waals surface area contributed by atoms with Crippen LogP contribution in [-0.4, -0.2) is 24.1 Å². The van der Waals surface area contributed by atoms with Gasteiger partial charge in [-0.1, -0.05) is 29.8 Å². The van der Waals surface area contributed by atoms with E-state index >= 15 is 0 Å². The number of nitrogens with zero attached hydrogens (tertiary/aromatic N) is 2. The Morgan fingerprint density at radius 2 is 1.80 bits per heavy atom. The first-order valence-electron chi connectivity index (χ1n) is 6.89. The van der Waals surface area contributed by atoms with Gasteiger partial charge in [-0.05, 0) is 24.6 Å². The van der Waals surface area contributed by atoms with Gasteiger partial charge in [-0.25, -0.2) is 0 Å². The first kappa shape index (κ1) is 14.2. The van der Waals surface area contributed by atoms with E-state index in [1.807, 2.05) is 12.1 Å². The normalized spacial score (nSPS) is 11.4. The van der Waals surface area contributed by atoms with E-state index in [-0.39, 0.29) is 0 Å². The summed E-state index contributed by atoms with van der Waals surface area (Å²) in [5.74, 6) is 0.831. The fourth-order valence-corrected chi connectivity index (χ4v) is 1.93. The van der Waals surface area contributed by atoms with Crippen molar-refractivity contribution in [3.63, 3.8) is 0 Å². The smallest absolute Gasteiger partial charge is 0.191 e. The second-order valence-corrected chi connectivity index (χ2v) is 4.76.